The zero-order chi connectivity index (χ0) is 18.2. The molecule has 2 rings (SSSR count). The molecule has 1 fully saturated rings. The Hall–Kier alpha value is -2.18. The van der Waals surface area contributed by atoms with Gasteiger partial charge in [-0.05, 0) is 50.8 Å². The minimum absolute atomic E-state index is 0.0330. The fraction of sp³-hybridized carbons (Fsp3) is 0.556. The zero-order valence-corrected chi connectivity index (χ0v) is 14.6. The first kappa shape index (κ1) is 19.1. The van der Waals surface area contributed by atoms with Gasteiger partial charge in [0.25, 0.3) is 0 Å². The van der Waals surface area contributed by atoms with E-state index in [1.54, 1.807) is 7.05 Å². The molecule has 1 saturated carbocycles. The molecule has 1 aliphatic carbocycles. The number of aliphatic imine (C=N–C) groups is 1. The smallest absolute Gasteiger partial charge is 0.308 e. The summed E-state index contributed by atoms with van der Waals surface area (Å²) in [5.74, 6) is -0.555. The van der Waals surface area contributed by atoms with Crippen LogP contribution in [0, 0.1) is 17.6 Å². The van der Waals surface area contributed by atoms with Crippen LogP contribution in [-0.2, 0) is 16.1 Å². The van der Waals surface area contributed by atoms with Crippen molar-refractivity contribution in [1.82, 2.24) is 10.6 Å². The Labute approximate surface area is 146 Å². The van der Waals surface area contributed by atoms with Crippen molar-refractivity contribution in [1.29, 1.82) is 0 Å². The molecule has 25 heavy (non-hydrogen) atoms. The SMILES string of the molecule is CCOC(=O)C1CCC(NC(=NC)NCc2cc(F)ccc2F)CC1. The van der Waals surface area contributed by atoms with Gasteiger partial charge in [0.2, 0.25) is 0 Å². The predicted octanol–water partition coefficient (Wildman–Crippen LogP) is 2.75. The highest BCUT2D eigenvalue weighted by atomic mass is 19.1. The minimum atomic E-state index is -0.474. The van der Waals surface area contributed by atoms with E-state index in [1.165, 1.54) is 6.07 Å². The number of esters is 1. The topological polar surface area (TPSA) is 62.7 Å². The van der Waals surface area contributed by atoms with Crippen molar-refractivity contribution in [2.24, 2.45) is 10.9 Å². The van der Waals surface area contributed by atoms with Gasteiger partial charge in [0.1, 0.15) is 11.6 Å². The van der Waals surface area contributed by atoms with Crippen LogP contribution in [0.5, 0.6) is 0 Å². The molecular weight excluding hydrogens is 328 g/mol. The van der Waals surface area contributed by atoms with E-state index >= 15 is 0 Å². The molecule has 0 unspecified atom stereocenters. The number of rotatable bonds is 5. The lowest BCUT2D eigenvalue weighted by Gasteiger charge is -2.29. The summed E-state index contributed by atoms with van der Waals surface area (Å²) in [6.45, 7) is 2.35. The van der Waals surface area contributed by atoms with Crippen molar-refractivity contribution in [3.8, 4) is 0 Å². The van der Waals surface area contributed by atoms with Crippen LogP contribution in [0.15, 0.2) is 23.2 Å². The third kappa shape index (κ3) is 5.69. The lowest BCUT2D eigenvalue weighted by molar-refractivity contribution is -0.149. The number of nitrogens with one attached hydrogen (secondary N) is 2. The molecule has 0 amide bonds. The van der Waals surface area contributed by atoms with Crippen LogP contribution in [0.2, 0.25) is 0 Å². The number of ether oxygens (including phenoxy) is 1. The van der Waals surface area contributed by atoms with Gasteiger partial charge in [-0.2, -0.15) is 0 Å². The maximum absolute atomic E-state index is 13.7. The van der Waals surface area contributed by atoms with E-state index in [4.69, 9.17) is 4.74 Å². The predicted molar refractivity (Wildman–Crippen MR) is 92.1 cm³/mol. The second-order valence-corrected chi connectivity index (χ2v) is 6.11. The summed E-state index contributed by atoms with van der Waals surface area (Å²) in [6, 6.07) is 3.56. The van der Waals surface area contributed by atoms with E-state index in [0.29, 0.717) is 12.6 Å². The quantitative estimate of drug-likeness (QED) is 0.485. The standard InChI is InChI=1S/C18H25F2N3O2/c1-3-25-17(24)12-4-7-15(8-5-12)23-18(21-2)22-11-13-10-14(19)6-9-16(13)20/h6,9-10,12,15H,3-5,7-8,11H2,1-2H3,(H2,21,22,23). The lowest BCUT2D eigenvalue weighted by Crippen LogP contribution is -2.45. The largest absolute Gasteiger partial charge is 0.466 e. The molecule has 0 spiro atoms. The summed E-state index contributed by atoms with van der Waals surface area (Å²) in [6.07, 6.45) is 3.20. The average molecular weight is 353 g/mol. The van der Waals surface area contributed by atoms with E-state index in [-0.39, 0.29) is 30.0 Å². The highest BCUT2D eigenvalue weighted by Crippen LogP contribution is 2.25. The molecule has 0 aromatic heterocycles. The Kier molecular flexibility index (Phi) is 7.16. The van der Waals surface area contributed by atoms with Crippen LogP contribution in [-0.4, -0.2) is 31.6 Å². The van der Waals surface area contributed by atoms with Crippen molar-refractivity contribution in [2.75, 3.05) is 13.7 Å². The molecular formula is C18H25F2N3O2. The molecule has 7 heteroatoms. The average Bonchev–Trinajstić information content (AvgIpc) is 2.62. The molecule has 0 aliphatic heterocycles. The number of carbonyl (C=O) groups excluding carboxylic acids is 1. The monoisotopic (exact) mass is 353 g/mol. The summed E-state index contributed by atoms with van der Waals surface area (Å²) in [5.41, 5.74) is 0.244. The molecule has 1 aromatic carbocycles. The fourth-order valence-corrected chi connectivity index (χ4v) is 2.98. The number of hydrogen-bond acceptors (Lipinski definition) is 3. The Morgan fingerprint density at radius 1 is 1.28 bits per heavy atom. The van der Waals surface area contributed by atoms with Gasteiger partial charge in [0, 0.05) is 25.2 Å². The van der Waals surface area contributed by atoms with Crippen molar-refractivity contribution < 1.29 is 18.3 Å². The third-order valence-corrected chi connectivity index (χ3v) is 4.37. The van der Waals surface area contributed by atoms with Crippen molar-refractivity contribution in [3.05, 3.63) is 35.4 Å². The van der Waals surface area contributed by atoms with Crippen molar-refractivity contribution >= 4 is 11.9 Å². The maximum Gasteiger partial charge on any atom is 0.308 e. The van der Waals surface area contributed by atoms with Crippen LogP contribution in [0.3, 0.4) is 0 Å². The van der Waals surface area contributed by atoms with Gasteiger partial charge >= 0.3 is 5.97 Å². The summed E-state index contributed by atoms with van der Waals surface area (Å²) < 4.78 is 31.9. The maximum atomic E-state index is 13.7. The molecule has 0 saturated heterocycles. The van der Waals surface area contributed by atoms with Gasteiger partial charge in [0.05, 0.1) is 12.5 Å². The van der Waals surface area contributed by atoms with Gasteiger partial charge in [-0.25, -0.2) is 8.78 Å². The second-order valence-electron chi connectivity index (χ2n) is 6.11. The fourth-order valence-electron chi connectivity index (χ4n) is 2.98. The normalized spacial score (nSPS) is 20.9. The van der Waals surface area contributed by atoms with Crippen molar-refractivity contribution in [2.45, 2.75) is 45.2 Å². The van der Waals surface area contributed by atoms with Crippen LogP contribution >= 0.6 is 0 Å². The van der Waals surface area contributed by atoms with Gasteiger partial charge in [0.15, 0.2) is 5.96 Å². The first-order valence-electron chi connectivity index (χ1n) is 8.61. The summed E-state index contributed by atoms with van der Waals surface area (Å²) >= 11 is 0. The Morgan fingerprint density at radius 3 is 2.64 bits per heavy atom. The Morgan fingerprint density at radius 2 is 2.00 bits per heavy atom. The molecule has 1 aromatic rings. The van der Waals surface area contributed by atoms with E-state index in [1.807, 2.05) is 6.92 Å². The van der Waals surface area contributed by atoms with Gasteiger partial charge in [-0.1, -0.05) is 0 Å². The van der Waals surface area contributed by atoms with Gasteiger partial charge < -0.3 is 15.4 Å². The number of carbonyl (C=O) groups is 1. The molecule has 138 valence electrons. The molecule has 0 bridgehead atoms. The first-order valence-corrected chi connectivity index (χ1v) is 8.61. The van der Waals surface area contributed by atoms with Gasteiger partial charge in [-0.3, -0.25) is 9.79 Å². The zero-order valence-electron chi connectivity index (χ0n) is 14.6. The van der Waals surface area contributed by atoms with Crippen LogP contribution in [0.25, 0.3) is 0 Å². The Balaban J connectivity index is 1.81. The molecule has 5 nitrogen and oxygen atoms in total. The second kappa shape index (κ2) is 9.34. The summed E-state index contributed by atoms with van der Waals surface area (Å²) in [7, 11) is 1.63. The molecule has 0 heterocycles. The van der Waals surface area contributed by atoms with Crippen LogP contribution < -0.4 is 10.6 Å². The lowest BCUT2D eigenvalue weighted by atomic mass is 9.86. The summed E-state index contributed by atoms with van der Waals surface area (Å²) in [5, 5.41) is 6.27. The van der Waals surface area contributed by atoms with E-state index in [0.717, 1.165) is 37.8 Å². The van der Waals surface area contributed by atoms with E-state index in [2.05, 4.69) is 15.6 Å². The third-order valence-electron chi connectivity index (χ3n) is 4.37. The van der Waals surface area contributed by atoms with E-state index < -0.39 is 11.6 Å². The number of halogens is 2. The highest BCUT2D eigenvalue weighted by Gasteiger charge is 2.27. The Bertz CT molecular complexity index is 614. The summed E-state index contributed by atoms with van der Waals surface area (Å²) in [4.78, 5) is 15.9. The molecule has 0 radical (unpaired) electrons. The number of guanidine groups is 1. The first-order chi connectivity index (χ1) is 12.0. The van der Waals surface area contributed by atoms with Crippen LogP contribution in [0.4, 0.5) is 8.78 Å². The van der Waals surface area contributed by atoms with Crippen LogP contribution in [0.1, 0.15) is 38.2 Å². The number of nitrogens with zero attached hydrogens (tertiary/aromatic N) is 1. The highest BCUT2D eigenvalue weighted by molar-refractivity contribution is 5.80. The van der Waals surface area contributed by atoms with Crippen molar-refractivity contribution in [3.63, 3.8) is 0 Å². The molecule has 2 N–H and O–H groups in total. The number of benzene rings is 1. The molecule has 0 atom stereocenters. The van der Waals surface area contributed by atoms with E-state index in [9.17, 15) is 13.6 Å². The minimum Gasteiger partial charge on any atom is -0.466 e. The number of hydrogen-bond donors (Lipinski definition) is 2. The van der Waals surface area contributed by atoms with Gasteiger partial charge in [-0.15, -0.1) is 0 Å². The molecule has 1 aliphatic rings.